The number of carbonyl (C=O) groups excluding carboxylic acids is 1. The molecular formula is C14H15F2NO2. The van der Waals surface area contributed by atoms with Gasteiger partial charge in [-0.25, -0.2) is 8.78 Å². The van der Waals surface area contributed by atoms with E-state index in [0.29, 0.717) is 11.8 Å². The minimum Gasteiger partial charge on any atom is -0.461 e. The van der Waals surface area contributed by atoms with E-state index in [1.165, 1.54) is 12.3 Å². The molecule has 5 heteroatoms. The monoisotopic (exact) mass is 267 g/mol. The molecule has 2 rings (SSSR count). The Labute approximate surface area is 109 Å². The van der Waals surface area contributed by atoms with Crippen LogP contribution < -0.4 is 0 Å². The van der Waals surface area contributed by atoms with Crippen LogP contribution in [-0.4, -0.2) is 30.8 Å². The van der Waals surface area contributed by atoms with Gasteiger partial charge in [-0.1, -0.05) is 6.92 Å². The molecule has 1 aromatic carbocycles. The zero-order chi connectivity index (χ0) is 14.2. The molecule has 1 aromatic heterocycles. The van der Waals surface area contributed by atoms with Crippen LogP contribution in [0.15, 0.2) is 22.8 Å². The van der Waals surface area contributed by atoms with Crippen molar-refractivity contribution in [3.63, 3.8) is 0 Å². The minimum atomic E-state index is -0.926. The molecule has 0 aliphatic heterocycles. The van der Waals surface area contributed by atoms with E-state index in [1.807, 2.05) is 0 Å². The molecule has 3 nitrogen and oxygen atoms in total. The molecule has 0 amide bonds. The maximum absolute atomic E-state index is 14.2. The summed E-state index contributed by atoms with van der Waals surface area (Å²) in [5, 5.41) is 0.310. The van der Waals surface area contributed by atoms with E-state index in [1.54, 1.807) is 25.9 Å². The molecule has 0 aliphatic rings. The summed E-state index contributed by atoms with van der Waals surface area (Å²) in [7, 11) is 3.40. The number of Topliss-reactive ketones (excluding diaryl/α,β-unsaturated/α-hetero) is 1. The van der Waals surface area contributed by atoms with Crippen molar-refractivity contribution >= 4 is 16.8 Å². The molecule has 0 N–H and O–H groups in total. The first-order valence-corrected chi connectivity index (χ1v) is 6.03. The fraction of sp³-hybridized carbons (Fsp3) is 0.357. The number of halogens is 2. The van der Waals surface area contributed by atoms with Crippen LogP contribution in [0, 0.1) is 11.6 Å². The molecule has 102 valence electrons. The summed E-state index contributed by atoms with van der Waals surface area (Å²) in [4.78, 5) is 13.9. The van der Waals surface area contributed by atoms with E-state index in [9.17, 15) is 13.6 Å². The summed E-state index contributed by atoms with van der Waals surface area (Å²) >= 11 is 0. The van der Waals surface area contributed by atoms with E-state index >= 15 is 0 Å². The maximum Gasteiger partial charge on any atom is 0.185 e. The van der Waals surface area contributed by atoms with Gasteiger partial charge in [0, 0.05) is 5.39 Å². The summed E-state index contributed by atoms with van der Waals surface area (Å²) in [6.07, 6.45) is 1.74. The second kappa shape index (κ2) is 5.09. The molecule has 1 unspecified atom stereocenters. The van der Waals surface area contributed by atoms with Crippen LogP contribution in [0.25, 0.3) is 11.0 Å². The summed E-state index contributed by atoms with van der Waals surface area (Å²) in [5.74, 6) is -2.34. The van der Waals surface area contributed by atoms with Crippen LogP contribution in [0.2, 0.25) is 0 Å². The average Bonchev–Trinajstić information content (AvgIpc) is 2.77. The number of ketones is 1. The fourth-order valence-electron chi connectivity index (χ4n) is 2.22. The lowest BCUT2D eigenvalue weighted by Gasteiger charge is -2.21. The lowest BCUT2D eigenvalue weighted by Crippen LogP contribution is -2.36. The number of hydrogen-bond donors (Lipinski definition) is 0. The smallest absolute Gasteiger partial charge is 0.185 e. The van der Waals surface area contributed by atoms with Gasteiger partial charge in [0.25, 0.3) is 0 Å². The quantitative estimate of drug-likeness (QED) is 0.797. The van der Waals surface area contributed by atoms with Crippen LogP contribution in [0.4, 0.5) is 8.78 Å². The van der Waals surface area contributed by atoms with Gasteiger partial charge in [-0.2, -0.15) is 0 Å². The van der Waals surface area contributed by atoms with Crippen LogP contribution in [0.5, 0.6) is 0 Å². The zero-order valence-electron chi connectivity index (χ0n) is 11.0. The number of furan rings is 1. The van der Waals surface area contributed by atoms with Crippen molar-refractivity contribution in [1.29, 1.82) is 0 Å². The third-order valence-electron chi connectivity index (χ3n) is 3.19. The van der Waals surface area contributed by atoms with Gasteiger partial charge >= 0.3 is 0 Å². The van der Waals surface area contributed by atoms with Gasteiger partial charge in [-0.05, 0) is 32.6 Å². The first kappa shape index (κ1) is 13.7. The molecule has 0 fully saturated rings. The lowest BCUT2D eigenvalue weighted by atomic mass is 9.99. The standard InChI is InChI=1S/C14H15F2NO2/c1-4-10(17(2)3)13(18)11-9(15)7-8-5-6-19-14(8)12(11)16/h5-7,10H,4H2,1-3H3. The highest BCUT2D eigenvalue weighted by atomic mass is 19.1. The topological polar surface area (TPSA) is 33.5 Å². The van der Waals surface area contributed by atoms with Crippen molar-refractivity contribution < 1.29 is 18.0 Å². The highest BCUT2D eigenvalue weighted by Gasteiger charge is 2.28. The first-order valence-electron chi connectivity index (χ1n) is 6.03. The molecule has 2 aromatic rings. The van der Waals surface area contributed by atoms with Gasteiger partial charge in [0.15, 0.2) is 17.2 Å². The third-order valence-corrected chi connectivity index (χ3v) is 3.19. The Kier molecular flexibility index (Phi) is 3.66. The number of nitrogens with zero attached hydrogens (tertiary/aromatic N) is 1. The highest BCUT2D eigenvalue weighted by Crippen LogP contribution is 2.26. The SMILES string of the molecule is CCC(C(=O)c1c(F)cc2ccoc2c1F)N(C)C. The van der Waals surface area contributed by atoms with Gasteiger partial charge in [0.1, 0.15) is 5.82 Å². The Hall–Kier alpha value is -1.75. The van der Waals surface area contributed by atoms with E-state index in [0.717, 1.165) is 6.07 Å². The van der Waals surface area contributed by atoms with Crippen LogP contribution >= 0.6 is 0 Å². The molecule has 0 spiro atoms. The Morgan fingerprint density at radius 3 is 2.68 bits per heavy atom. The fourth-order valence-corrected chi connectivity index (χ4v) is 2.22. The second-order valence-corrected chi connectivity index (χ2v) is 4.64. The van der Waals surface area contributed by atoms with Crippen molar-refractivity contribution in [2.45, 2.75) is 19.4 Å². The summed E-state index contributed by atoms with van der Waals surface area (Å²) in [6.45, 7) is 1.80. The summed E-state index contributed by atoms with van der Waals surface area (Å²) < 4.78 is 33.1. The van der Waals surface area contributed by atoms with Gasteiger partial charge in [-0.15, -0.1) is 0 Å². The van der Waals surface area contributed by atoms with E-state index in [4.69, 9.17) is 4.42 Å². The van der Waals surface area contributed by atoms with Crippen molar-refractivity contribution in [2.24, 2.45) is 0 Å². The van der Waals surface area contributed by atoms with Gasteiger partial charge in [0.2, 0.25) is 0 Å². The predicted molar refractivity (Wildman–Crippen MR) is 68.2 cm³/mol. The van der Waals surface area contributed by atoms with E-state index < -0.39 is 29.0 Å². The molecule has 0 aliphatic carbocycles. The minimum absolute atomic E-state index is 0.0849. The number of likely N-dealkylation sites (N-methyl/N-ethyl adjacent to an activating group) is 1. The average molecular weight is 267 g/mol. The molecule has 1 atom stereocenters. The predicted octanol–water partition coefficient (Wildman–Crippen LogP) is 3.23. The summed E-state index contributed by atoms with van der Waals surface area (Å²) in [6, 6.07) is 2.02. The third kappa shape index (κ3) is 2.26. The van der Waals surface area contributed by atoms with Crippen LogP contribution in [0.3, 0.4) is 0 Å². The molecule has 0 saturated heterocycles. The van der Waals surface area contributed by atoms with Crippen molar-refractivity contribution in [1.82, 2.24) is 4.90 Å². The van der Waals surface area contributed by atoms with E-state index in [2.05, 4.69) is 0 Å². The highest BCUT2D eigenvalue weighted by molar-refractivity contribution is 6.03. The first-order chi connectivity index (χ1) is 8.97. The summed E-state index contributed by atoms with van der Waals surface area (Å²) in [5.41, 5.74) is -0.610. The number of fused-ring (bicyclic) bond motifs is 1. The Bertz CT molecular complexity index is 619. The Morgan fingerprint density at radius 1 is 1.42 bits per heavy atom. The van der Waals surface area contributed by atoms with E-state index in [-0.39, 0.29) is 5.58 Å². The number of rotatable bonds is 4. The Morgan fingerprint density at radius 2 is 2.11 bits per heavy atom. The second-order valence-electron chi connectivity index (χ2n) is 4.64. The van der Waals surface area contributed by atoms with Crippen molar-refractivity contribution in [3.05, 3.63) is 35.6 Å². The van der Waals surface area contributed by atoms with Crippen molar-refractivity contribution in [3.8, 4) is 0 Å². The number of hydrogen-bond acceptors (Lipinski definition) is 3. The van der Waals surface area contributed by atoms with Gasteiger partial charge < -0.3 is 4.42 Å². The molecule has 0 saturated carbocycles. The maximum atomic E-state index is 14.2. The lowest BCUT2D eigenvalue weighted by molar-refractivity contribution is 0.0863. The van der Waals surface area contributed by atoms with Gasteiger partial charge in [0.05, 0.1) is 17.9 Å². The van der Waals surface area contributed by atoms with Crippen LogP contribution in [0.1, 0.15) is 23.7 Å². The molecule has 0 radical (unpaired) electrons. The molecular weight excluding hydrogens is 252 g/mol. The largest absolute Gasteiger partial charge is 0.461 e. The molecule has 0 bridgehead atoms. The van der Waals surface area contributed by atoms with Gasteiger partial charge in [-0.3, -0.25) is 9.69 Å². The Balaban J connectivity index is 2.58. The van der Waals surface area contributed by atoms with Crippen LogP contribution in [-0.2, 0) is 0 Å². The number of benzene rings is 1. The number of carbonyl (C=O) groups is 1. The zero-order valence-corrected chi connectivity index (χ0v) is 11.0. The normalized spacial score (nSPS) is 13.2. The van der Waals surface area contributed by atoms with Crippen molar-refractivity contribution in [2.75, 3.05) is 14.1 Å². The molecule has 19 heavy (non-hydrogen) atoms. The molecule has 1 heterocycles.